The zero-order chi connectivity index (χ0) is 19.5. The summed E-state index contributed by atoms with van der Waals surface area (Å²) in [6.45, 7) is 0. The summed E-state index contributed by atoms with van der Waals surface area (Å²) in [6.07, 6.45) is 1.73. The minimum absolute atomic E-state index is 0.493. The molecule has 3 aromatic carbocycles. The van der Waals surface area contributed by atoms with E-state index in [1.807, 2.05) is 54.6 Å². The van der Waals surface area contributed by atoms with Gasteiger partial charge >= 0.3 is 0 Å². The number of hydrogen-bond donors (Lipinski definition) is 1. The highest BCUT2D eigenvalue weighted by molar-refractivity contribution is 9.10. The summed E-state index contributed by atoms with van der Waals surface area (Å²) in [6, 6.07) is 20.8. The Kier molecular flexibility index (Phi) is 5.57. The number of hydrazone groups is 1. The Bertz CT molecular complexity index is 1180. The van der Waals surface area contributed by atoms with Crippen molar-refractivity contribution in [1.29, 1.82) is 0 Å². The summed E-state index contributed by atoms with van der Waals surface area (Å²) in [5.74, 6) is 1.10. The average Bonchev–Trinajstić information content (AvgIpc) is 2.69. The van der Waals surface area contributed by atoms with E-state index in [4.69, 9.17) is 23.2 Å². The Hall–Kier alpha value is -2.47. The number of nitrogens with zero attached hydrogens (tertiary/aromatic N) is 3. The van der Waals surface area contributed by atoms with Crippen molar-refractivity contribution in [3.8, 4) is 11.4 Å². The first-order valence-corrected chi connectivity index (χ1v) is 9.92. The number of anilines is 1. The van der Waals surface area contributed by atoms with Gasteiger partial charge in [0.1, 0.15) is 0 Å². The van der Waals surface area contributed by atoms with E-state index in [0.29, 0.717) is 27.3 Å². The van der Waals surface area contributed by atoms with Crippen LogP contribution in [0.2, 0.25) is 10.0 Å². The minimum Gasteiger partial charge on any atom is -0.261 e. The molecule has 0 fully saturated rings. The van der Waals surface area contributed by atoms with Crippen molar-refractivity contribution >= 4 is 62.1 Å². The van der Waals surface area contributed by atoms with Crippen LogP contribution in [0.5, 0.6) is 0 Å². The number of nitrogens with one attached hydrogen (secondary N) is 1. The third kappa shape index (κ3) is 4.17. The van der Waals surface area contributed by atoms with Crippen LogP contribution in [-0.2, 0) is 0 Å². The van der Waals surface area contributed by atoms with Crippen LogP contribution in [0.25, 0.3) is 22.3 Å². The van der Waals surface area contributed by atoms with Gasteiger partial charge in [0.15, 0.2) is 11.6 Å². The molecule has 0 spiro atoms. The number of para-hydroxylation sites is 1. The van der Waals surface area contributed by atoms with Gasteiger partial charge in [0, 0.05) is 20.4 Å². The summed E-state index contributed by atoms with van der Waals surface area (Å²) < 4.78 is 1.02. The van der Waals surface area contributed by atoms with E-state index in [1.54, 1.807) is 18.3 Å². The lowest BCUT2D eigenvalue weighted by atomic mass is 10.2. The molecule has 28 heavy (non-hydrogen) atoms. The fourth-order valence-electron chi connectivity index (χ4n) is 2.67. The zero-order valence-corrected chi connectivity index (χ0v) is 17.5. The van der Waals surface area contributed by atoms with Crippen LogP contribution < -0.4 is 5.43 Å². The molecule has 0 amide bonds. The summed E-state index contributed by atoms with van der Waals surface area (Å²) in [4.78, 5) is 9.27. The zero-order valence-electron chi connectivity index (χ0n) is 14.4. The van der Waals surface area contributed by atoms with Gasteiger partial charge in [0.25, 0.3) is 0 Å². The van der Waals surface area contributed by atoms with Crippen LogP contribution >= 0.6 is 39.1 Å². The molecular formula is C21H13BrCl2N4. The van der Waals surface area contributed by atoms with Crippen molar-refractivity contribution < 1.29 is 0 Å². The molecule has 138 valence electrons. The normalized spacial score (nSPS) is 11.2. The largest absolute Gasteiger partial charge is 0.261 e. The maximum Gasteiger partial charge on any atom is 0.163 e. The number of aromatic nitrogens is 2. The Morgan fingerprint density at radius 1 is 0.929 bits per heavy atom. The molecule has 4 aromatic rings. The molecule has 0 aliphatic heterocycles. The second-order valence-electron chi connectivity index (χ2n) is 5.96. The quantitative estimate of drug-likeness (QED) is 0.262. The molecule has 7 heteroatoms. The van der Waals surface area contributed by atoms with Crippen molar-refractivity contribution in [3.63, 3.8) is 0 Å². The van der Waals surface area contributed by atoms with E-state index in [-0.39, 0.29) is 0 Å². The second-order valence-corrected chi connectivity index (χ2v) is 7.72. The summed E-state index contributed by atoms with van der Waals surface area (Å²) in [5.41, 5.74) is 5.49. The maximum absolute atomic E-state index is 6.35. The fraction of sp³-hybridized carbons (Fsp3) is 0. The highest BCUT2D eigenvalue weighted by Crippen LogP contribution is 2.31. The molecule has 0 aliphatic rings. The molecule has 0 radical (unpaired) electrons. The van der Waals surface area contributed by atoms with Crippen LogP contribution in [0.1, 0.15) is 5.56 Å². The molecule has 1 N–H and O–H groups in total. The summed E-state index contributed by atoms with van der Waals surface area (Å²) in [5, 5.41) is 6.25. The van der Waals surface area contributed by atoms with Crippen LogP contribution in [0, 0.1) is 0 Å². The van der Waals surface area contributed by atoms with Gasteiger partial charge in [-0.05, 0) is 48.0 Å². The SMILES string of the molecule is Clc1ccc(-c2nc(NN=Cc3ccc(Br)cc3)c3ccccc3n2)c(Cl)c1. The second kappa shape index (κ2) is 8.27. The van der Waals surface area contributed by atoms with Crippen molar-refractivity contribution in [2.45, 2.75) is 0 Å². The van der Waals surface area contributed by atoms with Gasteiger partial charge in [-0.3, -0.25) is 5.43 Å². The van der Waals surface area contributed by atoms with Gasteiger partial charge in [-0.2, -0.15) is 5.10 Å². The molecule has 0 aliphatic carbocycles. The Morgan fingerprint density at radius 3 is 2.50 bits per heavy atom. The molecular weight excluding hydrogens is 459 g/mol. The first-order chi connectivity index (χ1) is 13.6. The first-order valence-electron chi connectivity index (χ1n) is 8.37. The highest BCUT2D eigenvalue weighted by atomic mass is 79.9. The predicted octanol–water partition coefficient (Wildman–Crippen LogP) is 6.81. The van der Waals surface area contributed by atoms with Crippen molar-refractivity contribution in [2.75, 3.05) is 5.43 Å². The summed E-state index contributed by atoms with van der Waals surface area (Å²) >= 11 is 15.8. The van der Waals surface area contributed by atoms with Gasteiger partial charge in [-0.25, -0.2) is 9.97 Å². The lowest BCUT2D eigenvalue weighted by Gasteiger charge is -2.09. The molecule has 0 saturated carbocycles. The Labute approximate surface area is 180 Å². The Balaban J connectivity index is 1.73. The molecule has 0 unspecified atom stereocenters. The highest BCUT2D eigenvalue weighted by Gasteiger charge is 2.12. The van der Waals surface area contributed by atoms with E-state index in [1.165, 1.54) is 0 Å². The van der Waals surface area contributed by atoms with Gasteiger partial charge in [0.2, 0.25) is 0 Å². The van der Waals surface area contributed by atoms with Gasteiger partial charge in [-0.1, -0.05) is 63.4 Å². The fourth-order valence-corrected chi connectivity index (χ4v) is 3.43. The van der Waals surface area contributed by atoms with Gasteiger partial charge in [-0.15, -0.1) is 0 Å². The van der Waals surface area contributed by atoms with E-state index in [0.717, 1.165) is 20.9 Å². The van der Waals surface area contributed by atoms with Crippen LogP contribution in [-0.4, -0.2) is 16.2 Å². The molecule has 4 rings (SSSR count). The predicted molar refractivity (Wildman–Crippen MR) is 120 cm³/mol. The molecule has 0 atom stereocenters. The maximum atomic E-state index is 6.35. The van der Waals surface area contributed by atoms with Crippen LogP contribution in [0.15, 0.2) is 76.3 Å². The molecule has 1 heterocycles. The number of fused-ring (bicyclic) bond motifs is 1. The minimum atomic E-state index is 0.493. The van der Waals surface area contributed by atoms with Crippen LogP contribution in [0.3, 0.4) is 0 Å². The van der Waals surface area contributed by atoms with Crippen molar-refractivity contribution in [1.82, 2.24) is 9.97 Å². The van der Waals surface area contributed by atoms with E-state index < -0.39 is 0 Å². The number of rotatable bonds is 4. The third-order valence-electron chi connectivity index (χ3n) is 4.03. The monoisotopic (exact) mass is 470 g/mol. The van der Waals surface area contributed by atoms with Crippen LogP contribution in [0.4, 0.5) is 5.82 Å². The van der Waals surface area contributed by atoms with Gasteiger partial charge < -0.3 is 0 Å². The van der Waals surface area contributed by atoms with E-state index in [9.17, 15) is 0 Å². The van der Waals surface area contributed by atoms with Crippen molar-refractivity contribution in [2.24, 2.45) is 5.10 Å². The first kappa shape index (κ1) is 18.9. The van der Waals surface area contributed by atoms with E-state index >= 15 is 0 Å². The number of halogens is 3. The van der Waals surface area contributed by atoms with Gasteiger partial charge in [0.05, 0.1) is 16.8 Å². The molecule has 0 bridgehead atoms. The lowest BCUT2D eigenvalue weighted by molar-refractivity contribution is 1.19. The number of benzene rings is 3. The molecule has 0 saturated heterocycles. The molecule has 4 nitrogen and oxygen atoms in total. The lowest BCUT2D eigenvalue weighted by Crippen LogP contribution is -1.99. The average molecular weight is 472 g/mol. The number of hydrogen-bond acceptors (Lipinski definition) is 4. The molecule has 1 aromatic heterocycles. The topological polar surface area (TPSA) is 50.2 Å². The summed E-state index contributed by atoms with van der Waals surface area (Å²) in [7, 11) is 0. The smallest absolute Gasteiger partial charge is 0.163 e. The Morgan fingerprint density at radius 2 is 1.71 bits per heavy atom. The van der Waals surface area contributed by atoms with Crippen molar-refractivity contribution in [3.05, 3.63) is 86.8 Å². The third-order valence-corrected chi connectivity index (χ3v) is 5.11. The van der Waals surface area contributed by atoms with E-state index in [2.05, 4.69) is 36.4 Å². The standard InChI is InChI=1S/C21H13BrCl2N4/c22-14-7-5-13(6-8-14)12-25-28-21-17-3-1-2-4-19(17)26-20(27-21)16-10-9-15(23)11-18(16)24/h1-12H,(H,26,27,28).